The van der Waals surface area contributed by atoms with Crippen molar-refractivity contribution in [3.63, 3.8) is 0 Å². The van der Waals surface area contributed by atoms with Crippen LogP contribution < -0.4 is 11.1 Å². The summed E-state index contributed by atoms with van der Waals surface area (Å²) >= 11 is 0. The largest absolute Gasteiger partial charge is 0.469 e. The maximum absolute atomic E-state index is 12.0. The minimum Gasteiger partial charge on any atom is -0.469 e. The number of nitrogens with one attached hydrogen (secondary N) is 1. The second-order valence-electron chi connectivity index (χ2n) is 4.88. The highest BCUT2D eigenvalue weighted by atomic mass is 16.5. The monoisotopic (exact) mass is 256 g/mol. The number of rotatable bonds is 5. The highest BCUT2D eigenvalue weighted by Crippen LogP contribution is 2.22. The van der Waals surface area contributed by atoms with E-state index in [0.29, 0.717) is 19.4 Å². The summed E-state index contributed by atoms with van der Waals surface area (Å²) < 4.78 is 4.54. The van der Waals surface area contributed by atoms with Crippen molar-refractivity contribution in [2.45, 2.75) is 51.0 Å². The Balaban J connectivity index is 2.24. The molecule has 18 heavy (non-hydrogen) atoms. The molecule has 104 valence electrons. The minimum atomic E-state index is -0.240. The Morgan fingerprint density at radius 2 is 2.00 bits per heavy atom. The van der Waals surface area contributed by atoms with Crippen LogP contribution >= 0.6 is 0 Å². The molecular weight excluding hydrogens is 232 g/mol. The van der Waals surface area contributed by atoms with E-state index in [1.807, 2.05) is 0 Å². The van der Waals surface area contributed by atoms with Crippen LogP contribution in [0, 0.1) is 5.92 Å². The van der Waals surface area contributed by atoms with Gasteiger partial charge in [-0.05, 0) is 19.3 Å². The van der Waals surface area contributed by atoms with E-state index >= 15 is 0 Å². The summed E-state index contributed by atoms with van der Waals surface area (Å²) in [4.78, 5) is 22.9. The lowest BCUT2D eigenvalue weighted by Gasteiger charge is -2.20. The zero-order chi connectivity index (χ0) is 13.4. The molecule has 0 saturated heterocycles. The summed E-state index contributed by atoms with van der Waals surface area (Å²) in [5.41, 5.74) is 6.02. The fourth-order valence-corrected chi connectivity index (χ4v) is 2.34. The number of hydrogen-bond donors (Lipinski definition) is 2. The number of methoxy groups -OCH3 is 1. The molecule has 1 fully saturated rings. The number of hydrogen-bond acceptors (Lipinski definition) is 4. The number of esters is 1. The molecule has 0 heterocycles. The lowest BCUT2D eigenvalue weighted by atomic mass is 9.94. The zero-order valence-electron chi connectivity index (χ0n) is 11.1. The van der Waals surface area contributed by atoms with Crippen molar-refractivity contribution < 1.29 is 14.3 Å². The lowest BCUT2D eigenvalue weighted by Crippen LogP contribution is -2.41. The van der Waals surface area contributed by atoms with Crippen LogP contribution in [0.25, 0.3) is 0 Å². The Hall–Kier alpha value is -1.10. The van der Waals surface area contributed by atoms with Crippen LogP contribution in [0.4, 0.5) is 0 Å². The van der Waals surface area contributed by atoms with Crippen LogP contribution in [0.2, 0.25) is 0 Å². The molecule has 2 unspecified atom stereocenters. The number of carbonyl (C=O) groups is 2. The first-order chi connectivity index (χ1) is 8.65. The first kappa shape index (κ1) is 15.0. The Labute approximate surface area is 108 Å². The molecular formula is C13H24N2O3. The molecule has 1 aliphatic rings. The van der Waals surface area contributed by atoms with E-state index in [1.54, 1.807) is 0 Å². The van der Waals surface area contributed by atoms with Crippen molar-refractivity contribution in [2.75, 3.05) is 13.7 Å². The molecule has 0 bridgehead atoms. The number of amides is 1. The molecule has 0 radical (unpaired) electrons. The van der Waals surface area contributed by atoms with E-state index < -0.39 is 0 Å². The van der Waals surface area contributed by atoms with Gasteiger partial charge in [0.15, 0.2) is 0 Å². The molecule has 5 heteroatoms. The molecule has 1 aliphatic carbocycles. The van der Waals surface area contributed by atoms with Gasteiger partial charge >= 0.3 is 5.97 Å². The van der Waals surface area contributed by atoms with E-state index in [2.05, 4.69) is 10.1 Å². The molecule has 0 aromatic rings. The molecule has 0 aromatic carbocycles. The van der Waals surface area contributed by atoms with Gasteiger partial charge in [0.25, 0.3) is 0 Å². The van der Waals surface area contributed by atoms with E-state index in [4.69, 9.17) is 5.73 Å². The van der Waals surface area contributed by atoms with Gasteiger partial charge in [-0.3, -0.25) is 9.59 Å². The predicted molar refractivity (Wildman–Crippen MR) is 68.8 cm³/mol. The van der Waals surface area contributed by atoms with E-state index in [-0.39, 0.29) is 23.8 Å². The Bertz CT molecular complexity index is 281. The summed E-state index contributed by atoms with van der Waals surface area (Å²) in [5.74, 6) is -0.268. The van der Waals surface area contributed by atoms with Crippen LogP contribution in [0.3, 0.4) is 0 Å². The minimum absolute atomic E-state index is 0.0203. The second kappa shape index (κ2) is 8.08. The molecule has 0 aliphatic heterocycles. The summed E-state index contributed by atoms with van der Waals surface area (Å²) in [5, 5.41) is 2.86. The van der Waals surface area contributed by atoms with Crippen LogP contribution in [0.5, 0.6) is 0 Å². The van der Waals surface area contributed by atoms with Crippen LogP contribution in [-0.2, 0) is 14.3 Å². The third-order valence-electron chi connectivity index (χ3n) is 3.49. The molecule has 1 amide bonds. The maximum Gasteiger partial charge on any atom is 0.305 e. The molecule has 1 rings (SSSR count). The molecule has 5 nitrogen and oxygen atoms in total. The standard InChI is InChI=1S/C13H24N2O3/c1-18-12(16)8-5-9-15-13(17)10-6-3-2-4-7-11(10)14/h10-11H,2-9,14H2,1H3,(H,15,17). The van der Waals surface area contributed by atoms with E-state index in [9.17, 15) is 9.59 Å². The van der Waals surface area contributed by atoms with Gasteiger partial charge in [-0.1, -0.05) is 19.3 Å². The van der Waals surface area contributed by atoms with Crippen molar-refractivity contribution in [3.8, 4) is 0 Å². The second-order valence-corrected chi connectivity index (χ2v) is 4.88. The average molecular weight is 256 g/mol. The predicted octanol–water partition coefficient (Wildman–Crippen LogP) is 0.963. The van der Waals surface area contributed by atoms with Gasteiger partial charge in [0.1, 0.15) is 0 Å². The number of carbonyl (C=O) groups excluding carboxylic acids is 2. The van der Waals surface area contributed by atoms with Gasteiger partial charge in [0.05, 0.1) is 13.0 Å². The van der Waals surface area contributed by atoms with Gasteiger partial charge in [-0.2, -0.15) is 0 Å². The van der Waals surface area contributed by atoms with Crippen LogP contribution in [0.15, 0.2) is 0 Å². The first-order valence-electron chi connectivity index (χ1n) is 6.75. The number of nitrogens with two attached hydrogens (primary N) is 1. The smallest absolute Gasteiger partial charge is 0.305 e. The van der Waals surface area contributed by atoms with Crippen molar-refractivity contribution in [1.82, 2.24) is 5.32 Å². The molecule has 3 N–H and O–H groups in total. The van der Waals surface area contributed by atoms with Gasteiger partial charge in [0.2, 0.25) is 5.91 Å². The highest BCUT2D eigenvalue weighted by Gasteiger charge is 2.26. The molecule has 2 atom stereocenters. The SMILES string of the molecule is COC(=O)CCCNC(=O)C1CCCCCC1N. The highest BCUT2D eigenvalue weighted by molar-refractivity contribution is 5.79. The summed E-state index contributed by atoms with van der Waals surface area (Å²) in [7, 11) is 1.37. The van der Waals surface area contributed by atoms with Crippen LogP contribution in [-0.4, -0.2) is 31.6 Å². The van der Waals surface area contributed by atoms with Gasteiger partial charge < -0.3 is 15.8 Å². The fraction of sp³-hybridized carbons (Fsp3) is 0.846. The third kappa shape index (κ3) is 5.04. The Kier molecular flexibility index (Phi) is 6.72. The molecule has 0 aromatic heterocycles. The van der Waals surface area contributed by atoms with Gasteiger partial charge in [-0.25, -0.2) is 0 Å². The normalized spacial score (nSPS) is 24.1. The summed E-state index contributed by atoms with van der Waals surface area (Å²) in [6, 6.07) is -0.0203. The van der Waals surface area contributed by atoms with Crippen LogP contribution in [0.1, 0.15) is 44.9 Å². The Morgan fingerprint density at radius 1 is 1.28 bits per heavy atom. The first-order valence-corrected chi connectivity index (χ1v) is 6.75. The Morgan fingerprint density at radius 3 is 2.72 bits per heavy atom. The lowest BCUT2D eigenvalue weighted by molar-refractivity contribution is -0.140. The maximum atomic E-state index is 12.0. The van der Waals surface area contributed by atoms with Crippen molar-refractivity contribution in [2.24, 2.45) is 11.7 Å². The topological polar surface area (TPSA) is 81.4 Å². The van der Waals surface area contributed by atoms with E-state index in [0.717, 1.165) is 25.7 Å². The van der Waals surface area contributed by atoms with Crippen molar-refractivity contribution >= 4 is 11.9 Å². The number of ether oxygens (including phenoxy) is 1. The zero-order valence-corrected chi connectivity index (χ0v) is 11.1. The average Bonchev–Trinajstić information content (AvgIpc) is 2.58. The third-order valence-corrected chi connectivity index (χ3v) is 3.49. The van der Waals surface area contributed by atoms with E-state index in [1.165, 1.54) is 13.5 Å². The molecule has 1 saturated carbocycles. The summed E-state index contributed by atoms with van der Waals surface area (Å²) in [6.45, 7) is 0.511. The van der Waals surface area contributed by atoms with Gasteiger partial charge in [0, 0.05) is 19.0 Å². The quantitative estimate of drug-likeness (QED) is 0.436. The fourth-order valence-electron chi connectivity index (χ4n) is 2.34. The molecule has 0 spiro atoms. The summed E-state index contributed by atoms with van der Waals surface area (Å²) in [6.07, 6.45) is 6.12. The van der Waals surface area contributed by atoms with Crippen molar-refractivity contribution in [3.05, 3.63) is 0 Å². The van der Waals surface area contributed by atoms with Gasteiger partial charge in [-0.15, -0.1) is 0 Å². The van der Waals surface area contributed by atoms with Crippen molar-refractivity contribution in [1.29, 1.82) is 0 Å².